The maximum atomic E-state index is 13.2. The molecule has 1 aliphatic heterocycles. The van der Waals surface area contributed by atoms with E-state index in [0.717, 1.165) is 27.6 Å². The Morgan fingerprint density at radius 1 is 0.938 bits per heavy atom. The van der Waals surface area contributed by atoms with Gasteiger partial charge < -0.3 is 18.6 Å². The van der Waals surface area contributed by atoms with Crippen LogP contribution in [0.5, 0.6) is 11.5 Å². The fourth-order valence-corrected chi connectivity index (χ4v) is 4.91. The van der Waals surface area contributed by atoms with Crippen LogP contribution in [0.15, 0.2) is 75.9 Å². The monoisotopic (exact) mass is 426 g/mol. The molecular weight excluding hydrogens is 408 g/mol. The molecule has 32 heavy (non-hydrogen) atoms. The van der Waals surface area contributed by atoms with Crippen LogP contribution in [0.4, 0.5) is 0 Å². The second kappa shape index (κ2) is 6.99. The van der Waals surface area contributed by atoms with Gasteiger partial charge >= 0.3 is 11.6 Å². The quantitative estimate of drug-likeness (QED) is 0.437. The smallest absolute Gasteiger partial charge is 0.344 e. The lowest BCUT2D eigenvalue weighted by Gasteiger charge is -2.34. The van der Waals surface area contributed by atoms with Gasteiger partial charge in [0.2, 0.25) is 6.79 Å². The number of fused-ring (bicyclic) bond motifs is 6. The van der Waals surface area contributed by atoms with Gasteiger partial charge in [0, 0.05) is 17.0 Å². The first-order chi connectivity index (χ1) is 15.7. The Morgan fingerprint density at radius 3 is 2.53 bits per heavy atom. The Morgan fingerprint density at radius 2 is 1.69 bits per heavy atom. The predicted molar refractivity (Wildman–Crippen MR) is 117 cm³/mol. The minimum atomic E-state index is -0.625. The first-order valence-corrected chi connectivity index (χ1v) is 10.3. The van der Waals surface area contributed by atoms with Crippen LogP contribution in [-0.4, -0.2) is 19.9 Å². The van der Waals surface area contributed by atoms with Crippen molar-refractivity contribution in [1.82, 2.24) is 0 Å². The van der Waals surface area contributed by atoms with Gasteiger partial charge in [-0.05, 0) is 34.7 Å². The van der Waals surface area contributed by atoms with Gasteiger partial charge in [-0.1, -0.05) is 48.5 Å². The van der Waals surface area contributed by atoms with Crippen molar-refractivity contribution in [3.63, 3.8) is 0 Å². The zero-order valence-electron chi connectivity index (χ0n) is 17.2. The highest BCUT2D eigenvalue weighted by molar-refractivity contribution is 5.95. The molecule has 158 valence electrons. The Balaban J connectivity index is 1.73. The minimum absolute atomic E-state index is 0.154. The second-order valence-electron chi connectivity index (χ2n) is 7.86. The number of rotatable bonds is 2. The van der Waals surface area contributed by atoms with Crippen LogP contribution in [0.1, 0.15) is 28.5 Å². The Bertz CT molecular complexity index is 1450. The summed E-state index contributed by atoms with van der Waals surface area (Å²) in [6.45, 7) is 0.154. The van der Waals surface area contributed by atoms with E-state index in [1.807, 2.05) is 54.6 Å². The molecule has 2 aliphatic rings. The average molecular weight is 426 g/mol. The number of hydrogen-bond donors (Lipinski definition) is 0. The van der Waals surface area contributed by atoms with Gasteiger partial charge in [0.25, 0.3) is 0 Å². The Labute approximate surface area is 183 Å². The summed E-state index contributed by atoms with van der Waals surface area (Å²) in [4.78, 5) is 26.0. The first kappa shape index (κ1) is 18.7. The van der Waals surface area contributed by atoms with Crippen LogP contribution in [0.25, 0.3) is 22.1 Å². The molecule has 0 radical (unpaired) electrons. The highest BCUT2D eigenvalue weighted by Gasteiger charge is 2.42. The predicted octanol–water partition coefficient (Wildman–Crippen LogP) is 4.59. The van der Waals surface area contributed by atoms with E-state index in [9.17, 15) is 9.59 Å². The summed E-state index contributed by atoms with van der Waals surface area (Å²) in [7, 11) is 1.39. The van der Waals surface area contributed by atoms with E-state index in [2.05, 4.69) is 0 Å². The van der Waals surface area contributed by atoms with E-state index in [4.69, 9.17) is 18.6 Å². The van der Waals surface area contributed by atoms with Crippen LogP contribution in [0.2, 0.25) is 0 Å². The number of benzene rings is 3. The maximum absolute atomic E-state index is 13.2. The lowest BCUT2D eigenvalue weighted by atomic mass is 9.69. The number of carbonyl (C=O) groups is 1. The molecule has 0 spiro atoms. The number of methoxy groups -OCH3 is 1. The largest absolute Gasteiger partial charge is 0.469 e. The molecule has 2 unspecified atom stereocenters. The van der Waals surface area contributed by atoms with Gasteiger partial charge in [0.05, 0.1) is 18.4 Å². The molecule has 1 aromatic heterocycles. The molecule has 6 nitrogen and oxygen atoms in total. The van der Waals surface area contributed by atoms with E-state index in [-0.39, 0.29) is 12.8 Å². The van der Waals surface area contributed by atoms with Crippen molar-refractivity contribution < 1.29 is 23.4 Å². The number of carbonyl (C=O) groups excluding carboxylic acids is 1. The molecule has 4 aromatic rings. The molecule has 2 heterocycles. The number of hydrogen-bond acceptors (Lipinski definition) is 6. The molecule has 3 aromatic carbocycles. The van der Waals surface area contributed by atoms with Crippen LogP contribution in [0, 0.1) is 0 Å². The van der Waals surface area contributed by atoms with E-state index in [1.165, 1.54) is 7.11 Å². The zero-order valence-corrected chi connectivity index (χ0v) is 17.2. The second-order valence-corrected chi connectivity index (χ2v) is 7.86. The van der Waals surface area contributed by atoms with Crippen molar-refractivity contribution in [3.05, 3.63) is 93.8 Å². The van der Waals surface area contributed by atoms with Crippen molar-refractivity contribution >= 4 is 16.7 Å². The zero-order chi connectivity index (χ0) is 21.8. The summed E-state index contributed by atoms with van der Waals surface area (Å²) in [6, 6.07) is 20.5. The summed E-state index contributed by atoms with van der Waals surface area (Å²) >= 11 is 0. The Hall–Kier alpha value is -4.06. The summed E-state index contributed by atoms with van der Waals surface area (Å²) in [6.07, 6.45) is 0. The summed E-state index contributed by atoms with van der Waals surface area (Å²) in [5.74, 6) is 0.321. The molecular formula is C26H18O6. The fourth-order valence-electron chi connectivity index (χ4n) is 4.91. The van der Waals surface area contributed by atoms with Crippen molar-refractivity contribution in [3.8, 4) is 22.8 Å². The molecule has 0 N–H and O–H groups in total. The van der Waals surface area contributed by atoms with Crippen LogP contribution >= 0.6 is 0 Å². The maximum Gasteiger partial charge on any atom is 0.344 e. The third-order valence-corrected chi connectivity index (χ3v) is 6.27. The molecule has 1 aliphatic carbocycles. The van der Waals surface area contributed by atoms with Gasteiger partial charge in [-0.3, -0.25) is 4.79 Å². The van der Waals surface area contributed by atoms with Crippen LogP contribution in [0.3, 0.4) is 0 Å². The first-order valence-electron chi connectivity index (χ1n) is 10.3. The average Bonchev–Trinajstić information content (AvgIpc) is 3.31. The van der Waals surface area contributed by atoms with Gasteiger partial charge in [-0.2, -0.15) is 0 Å². The van der Waals surface area contributed by atoms with E-state index < -0.39 is 17.5 Å². The van der Waals surface area contributed by atoms with E-state index in [1.54, 1.807) is 12.1 Å². The van der Waals surface area contributed by atoms with Gasteiger partial charge in [0.15, 0.2) is 11.5 Å². The summed E-state index contributed by atoms with van der Waals surface area (Å²) in [5, 5.41) is 1.23. The molecule has 0 fully saturated rings. The molecule has 6 rings (SSSR count). The normalized spacial score (nSPS) is 18.2. The molecule has 6 heteroatoms. The SMILES string of the molecule is COC(=O)C1c2ccccc2-c2oc(=O)c3ccccc3c2C1c1ccc2c(c1)OCO2. The lowest BCUT2D eigenvalue weighted by molar-refractivity contribution is -0.142. The van der Waals surface area contributed by atoms with Crippen molar-refractivity contribution in [2.75, 3.05) is 13.9 Å². The molecule has 0 saturated heterocycles. The minimum Gasteiger partial charge on any atom is -0.469 e. The lowest BCUT2D eigenvalue weighted by Crippen LogP contribution is -2.28. The third kappa shape index (κ3) is 2.59. The van der Waals surface area contributed by atoms with Crippen LogP contribution < -0.4 is 15.1 Å². The van der Waals surface area contributed by atoms with E-state index in [0.29, 0.717) is 22.6 Å². The van der Waals surface area contributed by atoms with Crippen molar-refractivity contribution in [2.24, 2.45) is 0 Å². The standard InChI is InChI=1S/C26H18O6/c1-29-26(28)23-15-6-2-4-8-17(15)24-22(16-7-3-5-9-18(16)25(27)32-24)21(23)14-10-11-19-20(12-14)31-13-30-19/h2-12,21,23H,13H2,1H3. The van der Waals surface area contributed by atoms with Gasteiger partial charge in [-0.25, -0.2) is 4.79 Å². The molecule has 2 atom stereocenters. The number of ether oxygens (including phenoxy) is 3. The molecule has 0 saturated carbocycles. The van der Waals surface area contributed by atoms with Gasteiger partial charge in [-0.15, -0.1) is 0 Å². The van der Waals surface area contributed by atoms with Crippen molar-refractivity contribution in [2.45, 2.75) is 11.8 Å². The summed E-state index contributed by atoms with van der Waals surface area (Å²) < 4.78 is 22.2. The van der Waals surface area contributed by atoms with Crippen molar-refractivity contribution in [1.29, 1.82) is 0 Å². The Kier molecular flexibility index (Phi) is 4.08. The molecule has 0 amide bonds. The summed E-state index contributed by atoms with van der Waals surface area (Å²) in [5.41, 5.74) is 2.70. The van der Waals surface area contributed by atoms with E-state index >= 15 is 0 Å². The highest BCUT2D eigenvalue weighted by Crippen LogP contribution is 2.52. The number of esters is 1. The third-order valence-electron chi connectivity index (χ3n) is 6.27. The van der Waals surface area contributed by atoms with Gasteiger partial charge in [0.1, 0.15) is 5.76 Å². The molecule has 0 bridgehead atoms. The van der Waals surface area contributed by atoms with Crippen LogP contribution in [-0.2, 0) is 9.53 Å². The topological polar surface area (TPSA) is 75.0 Å². The highest BCUT2D eigenvalue weighted by atomic mass is 16.7. The fraction of sp³-hybridized carbons (Fsp3) is 0.154.